The number of halogens is 17. The van der Waals surface area contributed by atoms with Crippen molar-refractivity contribution in [1.82, 2.24) is 0 Å². The minimum Gasteiger partial charge on any atom is -0.550 e. The summed E-state index contributed by atoms with van der Waals surface area (Å²) < 4.78 is 218. The zero-order valence-electron chi connectivity index (χ0n) is 13.2. The van der Waals surface area contributed by atoms with Gasteiger partial charge in [-0.25, -0.2) is 0 Å². The Morgan fingerprint density at radius 2 is 0.767 bits per heavy atom. The molecule has 0 spiro atoms. The number of carboxylic acid groups (broad SMARTS) is 1. The average molecular weight is 491 g/mol. The number of hydrogen-bond donors (Lipinski definition) is 0. The predicted molar refractivity (Wildman–Crippen MR) is 54.9 cm³/mol. The van der Waals surface area contributed by atoms with Gasteiger partial charge >= 0.3 is 47.6 Å². The highest BCUT2D eigenvalue weighted by Gasteiger charge is 2.95. The van der Waals surface area contributed by atoms with E-state index >= 15 is 0 Å². The highest BCUT2D eigenvalue weighted by Crippen LogP contribution is 2.64. The standard InChI is InChI=1S/C11H5F17O2/c12-4(13,2-1-3(29)30)5(14,15)6(16,17)7(18,19)8(20,21)9(22,23)10(24,25)11(26,27)28/h1-2H2,(H,29,30)/p-1. The first-order chi connectivity index (χ1) is 12.7. The van der Waals surface area contributed by atoms with Crippen LogP contribution in [0.25, 0.3) is 0 Å². The van der Waals surface area contributed by atoms with Crippen LogP contribution in [0.5, 0.6) is 0 Å². The summed E-state index contributed by atoms with van der Waals surface area (Å²) in [5, 5.41) is 9.88. The van der Waals surface area contributed by atoms with Gasteiger partial charge in [0.25, 0.3) is 0 Å². The Balaban J connectivity index is 6.58. The Morgan fingerprint density at radius 3 is 1.03 bits per heavy atom. The summed E-state index contributed by atoms with van der Waals surface area (Å²) in [4.78, 5) is 9.88. The summed E-state index contributed by atoms with van der Waals surface area (Å²) in [7, 11) is 0. The van der Waals surface area contributed by atoms with Crippen LogP contribution in [0.1, 0.15) is 12.8 Å². The molecule has 0 aliphatic rings. The van der Waals surface area contributed by atoms with Gasteiger partial charge in [-0.1, -0.05) is 0 Å². The Labute approximate surface area is 152 Å². The maximum Gasteiger partial charge on any atom is 0.460 e. The molecule has 0 saturated carbocycles. The average Bonchev–Trinajstić information content (AvgIpc) is 2.50. The lowest BCUT2D eigenvalue weighted by Crippen LogP contribution is -2.74. The zero-order chi connectivity index (χ0) is 25.0. The van der Waals surface area contributed by atoms with Gasteiger partial charge in [-0.2, -0.15) is 74.6 Å². The Kier molecular flexibility index (Phi) is 6.75. The molecule has 0 saturated heterocycles. The van der Waals surface area contributed by atoms with Crippen LogP contribution in [-0.4, -0.2) is 53.6 Å². The van der Waals surface area contributed by atoms with Crippen LogP contribution in [0, 0.1) is 0 Å². The van der Waals surface area contributed by atoms with E-state index in [1.165, 1.54) is 0 Å². The molecule has 0 bridgehead atoms. The fourth-order valence-corrected chi connectivity index (χ4v) is 1.61. The molecule has 2 nitrogen and oxygen atoms in total. The summed E-state index contributed by atoms with van der Waals surface area (Å²) in [6.45, 7) is 0. The number of hydrogen-bond acceptors (Lipinski definition) is 2. The van der Waals surface area contributed by atoms with Gasteiger partial charge in [-0.3, -0.25) is 0 Å². The lowest BCUT2D eigenvalue weighted by molar-refractivity contribution is -0.461. The van der Waals surface area contributed by atoms with Gasteiger partial charge in [0, 0.05) is 12.4 Å². The Hall–Kier alpha value is -1.72. The molecule has 0 aromatic carbocycles. The van der Waals surface area contributed by atoms with E-state index in [0.717, 1.165) is 0 Å². The van der Waals surface area contributed by atoms with E-state index < -0.39 is 66.4 Å². The smallest absolute Gasteiger partial charge is 0.460 e. The van der Waals surface area contributed by atoms with Crippen molar-refractivity contribution < 1.29 is 84.5 Å². The van der Waals surface area contributed by atoms with E-state index in [2.05, 4.69) is 0 Å². The number of rotatable bonds is 9. The Morgan fingerprint density at radius 1 is 0.500 bits per heavy atom. The van der Waals surface area contributed by atoms with Crippen molar-refractivity contribution in [2.24, 2.45) is 0 Å². The van der Waals surface area contributed by atoms with E-state index in [1.54, 1.807) is 0 Å². The molecule has 0 aromatic heterocycles. The molecule has 0 N–H and O–H groups in total. The highest BCUT2D eigenvalue weighted by atomic mass is 19.4. The van der Waals surface area contributed by atoms with Crippen molar-refractivity contribution in [3.8, 4) is 0 Å². The fourth-order valence-electron chi connectivity index (χ4n) is 1.61. The molecule has 0 aliphatic carbocycles. The minimum absolute atomic E-state index is 2.30. The summed E-state index contributed by atoms with van der Waals surface area (Å²) in [6.07, 6.45) is -13.1. The number of carboxylic acids is 1. The maximum absolute atomic E-state index is 13.2. The van der Waals surface area contributed by atoms with Gasteiger partial charge in [-0.05, 0) is 6.42 Å². The van der Waals surface area contributed by atoms with Crippen molar-refractivity contribution in [2.75, 3.05) is 0 Å². The topological polar surface area (TPSA) is 40.1 Å². The van der Waals surface area contributed by atoms with E-state index in [1.807, 2.05) is 0 Å². The minimum atomic E-state index is -8.70. The van der Waals surface area contributed by atoms with Crippen LogP contribution in [0.2, 0.25) is 0 Å². The molecule has 19 heteroatoms. The molecule has 30 heavy (non-hydrogen) atoms. The molecule has 180 valence electrons. The van der Waals surface area contributed by atoms with E-state index in [9.17, 15) is 84.5 Å². The second-order valence-electron chi connectivity index (χ2n) is 5.52. The van der Waals surface area contributed by atoms with Crippen molar-refractivity contribution in [2.45, 2.75) is 60.5 Å². The zero-order valence-corrected chi connectivity index (χ0v) is 13.2. The molecule has 0 rings (SSSR count). The van der Waals surface area contributed by atoms with Gasteiger partial charge in [0.1, 0.15) is 0 Å². The van der Waals surface area contributed by atoms with E-state index in [0.29, 0.717) is 0 Å². The number of carbonyl (C=O) groups is 1. The van der Waals surface area contributed by atoms with Gasteiger partial charge in [0.15, 0.2) is 0 Å². The van der Waals surface area contributed by atoms with Gasteiger partial charge in [0.2, 0.25) is 0 Å². The molecule has 0 aromatic rings. The van der Waals surface area contributed by atoms with Crippen LogP contribution >= 0.6 is 0 Å². The van der Waals surface area contributed by atoms with Gasteiger partial charge in [-0.15, -0.1) is 0 Å². The van der Waals surface area contributed by atoms with Crippen molar-refractivity contribution in [3.05, 3.63) is 0 Å². The summed E-state index contributed by atoms with van der Waals surface area (Å²) in [5.74, 6) is -59.8. The first-order valence-corrected chi connectivity index (χ1v) is 6.58. The molecule has 0 radical (unpaired) electrons. The number of aliphatic carboxylic acids is 1. The van der Waals surface area contributed by atoms with Crippen LogP contribution in [0.15, 0.2) is 0 Å². The normalized spacial score (nSPS) is 16.0. The molecule has 0 aliphatic heterocycles. The van der Waals surface area contributed by atoms with Gasteiger partial charge in [0.05, 0.1) is 0 Å². The van der Waals surface area contributed by atoms with Gasteiger partial charge < -0.3 is 9.90 Å². The van der Waals surface area contributed by atoms with Crippen molar-refractivity contribution >= 4 is 5.97 Å². The van der Waals surface area contributed by atoms with E-state index in [4.69, 9.17) is 0 Å². The fraction of sp³-hybridized carbons (Fsp3) is 0.909. The SMILES string of the molecule is O=C([O-])CCC(F)(F)C(F)(F)C(F)(F)C(F)(F)C(F)(F)C(F)(F)C(F)(F)C(F)(F)F. The third-order valence-electron chi connectivity index (χ3n) is 3.43. The first kappa shape index (κ1) is 28.3. The van der Waals surface area contributed by atoms with Crippen LogP contribution in [-0.2, 0) is 4.79 Å². The van der Waals surface area contributed by atoms with Crippen LogP contribution in [0.3, 0.4) is 0 Å². The lowest BCUT2D eigenvalue weighted by Gasteiger charge is -2.42. The second-order valence-corrected chi connectivity index (χ2v) is 5.52. The Bertz CT molecular complexity index is 647. The molecule has 0 atom stereocenters. The summed E-state index contributed by atoms with van der Waals surface area (Å²) in [6, 6.07) is 0. The number of carbonyl (C=O) groups excluding carboxylic acids is 1. The quantitative estimate of drug-likeness (QED) is 0.445. The molecule has 0 amide bonds. The maximum atomic E-state index is 13.2. The molecular weight excluding hydrogens is 487 g/mol. The highest BCUT2D eigenvalue weighted by molar-refractivity contribution is 5.64. The third kappa shape index (κ3) is 3.71. The number of alkyl halides is 17. The predicted octanol–water partition coefficient (Wildman–Crippen LogP) is 4.53. The van der Waals surface area contributed by atoms with Crippen LogP contribution < -0.4 is 5.11 Å². The van der Waals surface area contributed by atoms with Crippen LogP contribution in [0.4, 0.5) is 74.6 Å². The summed E-state index contributed by atoms with van der Waals surface area (Å²) in [5.41, 5.74) is 0. The third-order valence-corrected chi connectivity index (χ3v) is 3.43. The second kappa shape index (κ2) is 7.16. The molecule has 0 unspecified atom stereocenters. The van der Waals surface area contributed by atoms with E-state index in [-0.39, 0.29) is 0 Å². The summed E-state index contributed by atoms with van der Waals surface area (Å²) >= 11 is 0. The lowest BCUT2D eigenvalue weighted by atomic mass is 9.88. The monoisotopic (exact) mass is 491 g/mol. The molecule has 0 fully saturated rings. The first-order valence-electron chi connectivity index (χ1n) is 6.58. The van der Waals surface area contributed by atoms with Crippen molar-refractivity contribution in [3.63, 3.8) is 0 Å². The molecular formula is C11H4F17O2-. The van der Waals surface area contributed by atoms with Crippen molar-refractivity contribution in [1.29, 1.82) is 0 Å². The molecule has 0 heterocycles. The largest absolute Gasteiger partial charge is 0.550 e.